The fourth-order valence-electron chi connectivity index (χ4n) is 1.23. The summed E-state index contributed by atoms with van der Waals surface area (Å²) in [4.78, 5) is 20.4. The Kier molecular flexibility index (Phi) is 14.9. The van der Waals surface area contributed by atoms with Crippen molar-refractivity contribution in [2.45, 2.75) is 17.9 Å². The van der Waals surface area contributed by atoms with Gasteiger partial charge in [0.2, 0.25) is 0 Å². The van der Waals surface area contributed by atoms with Crippen LogP contribution in [0.15, 0.2) is 23.1 Å². The standard InChI is InChI=1S/C8H6O7S.C4H10O3.C3H8O2/c9-7(10)4-1-5(8(11)12)3-6(2-4)16(13,14)15;5-1-3-7-4-2-6;1-3(5)2-4/h1-3H,(H,9,10)(H,11,12)(H,13,14,15);5-6H,1-4H2;3-5H,2H2,1H3. The van der Waals surface area contributed by atoms with E-state index in [4.69, 9.17) is 35.2 Å². The third-order valence-corrected chi connectivity index (χ3v) is 3.27. The van der Waals surface area contributed by atoms with Gasteiger partial charge in [-0.1, -0.05) is 0 Å². The molecule has 0 aliphatic heterocycles. The largest absolute Gasteiger partial charge is 0.478 e. The zero-order valence-corrected chi connectivity index (χ0v) is 15.7. The summed E-state index contributed by atoms with van der Waals surface area (Å²) >= 11 is 0. The molecule has 1 aromatic carbocycles. The molecule has 0 spiro atoms. The molecule has 7 N–H and O–H groups in total. The van der Waals surface area contributed by atoms with Crippen LogP contribution in [-0.4, -0.2) is 94.7 Å². The molecular weight excluding hydrogens is 404 g/mol. The van der Waals surface area contributed by atoms with Crippen LogP contribution in [0, 0.1) is 0 Å². The number of rotatable bonds is 8. The van der Waals surface area contributed by atoms with E-state index in [0.29, 0.717) is 25.3 Å². The minimum absolute atomic E-state index is 0.0278. The van der Waals surface area contributed by atoms with Gasteiger partial charge in [0.15, 0.2) is 0 Å². The molecule has 0 radical (unpaired) electrons. The Morgan fingerprint density at radius 1 is 0.964 bits per heavy atom. The molecule has 12 nitrogen and oxygen atoms in total. The van der Waals surface area contributed by atoms with Crippen molar-refractivity contribution >= 4 is 22.1 Å². The van der Waals surface area contributed by atoms with Gasteiger partial charge in [0.25, 0.3) is 10.1 Å². The summed E-state index contributed by atoms with van der Waals surface area (Å²) in [6.07, 6.45) is -0.560. The van der Waals surface area contributed by atoms with Crippen molar-refractivity contribution in [2.75, 3.05) is 33.0 Å². The van der Waals surface area contributed by atoms with E-state index in [2.05, 4.69) is 4.74 Å². The minimum Gasteiger partial charge on any atom is -0.478 e. The SMILES string of the molecule is CC(O)CO.O=C(O)c1cc(C(=O)O)cc(S(=O)(=O)O)c1.OCCOCCO. The number of aromatic carboxylic acids is 2. The lowest BCUT2D eigenvalue weighted by Crippen LogP contribution is -2.07. The number of aliphatic hydroxyl groups is 4. The number of aliphatic hydroxyl groups excluding tert-OH is 4. The molecule has 0 aromatic heterocycles. The van der Waals surface area contributed by atoms with E-state index in [1.165, 1.54) is 6.92 Å². The van der Waals surface area contributed by atoms with E-state index >= 15 is 0 Å². The average Bonchev–Trinajstić information content (AvgIpc) is 2.62. The quantitative estimate of drug-likeness (QED) is 0.189. The third-order valence-electron chi connectivity index (χ3n) is 2.43. The molecule has 0 saturated carbocycles. The fraction of sp³-hybridized carbons (Fsp3) is 0.467. The second-order valence-corrected chi connectivity index (χ2v) is 6.34. The highest BCUT2D eigenvalue weighted by atomic mass is 32.2. The second kappa shape index (κ2) is 14.9. The van der Waals surface area contributed by atoms with Gasteiger partial charge in [-0.2, -0.15) is 8.42 Å². The van der Waals surface area contributed by atoms with Gasteiger partial charge in [-0.25, -0.2) is 9.59 Å². The molecule has 0 aliphatic rings. The van der Waals surface area contributed by atoms with Gasteiger partial charge in [0, 0.05) is 0 Å². The highest BCUT2D eigenvalue weighted by Gasteiger charge is 2.17. The lowest BCUT2D eigenvalue weighted by molar-refractivity contribution is 0.0650. The summed E-state index contributed by atoms with van der Waals surface area (Å²) in [7, 11) is -4.64. The molecule has 0 aliphatic carbocycles. The van der Waals surface area contributed by atoms with Crippen molar-refractivity contribution in [2.24, 2.45) is 0 Å². The number of carboxylic acids is 2. The molecule has 1 rings (SSSR count). The Hall–Kier alpha value is -2.13. The maximum absolute atomic E-state index is 10.8. The van der Waals surface area contributed by atoms with E-state index in [9.17, 15) is 18.0 Å². The van der Waals surface area contributed by atoms with E-state index in [-0.39, 0.29) is 19.8 Å². The first-order valence-corrected chi connectivity index (χ1v) is 9.02. The van der Waals surface area contributed by atoms with Crippen molar-refractivity contribution in [1.29, 1.82) is 0 Å². The van der Waals surface area contributed by atoms with Crippen LogP contribution in [0.1, 0.15) is 27.6 Å². The van der Waals surface area contributed by atoms with Crippen LogP contribution in [0.5, 0.6) is 0 Å². The van der Waals surface area contributed by atoms with Gasteiger partial charge < -0.3 is 35.4 Å². The van der Waals surface area contributed by atoms with E-state index in [1.807, 2.05) is 0 Å². The van der Waals surface area contributed by atoms with Crippen molar-refractivity contribution in [3.63, 3.8) is 0 Å². The van der Waals surface area contributed by atoms with Crippen molar-refractivity contribution in [3.05, 3.63) is 29.3 Å². The molecule has 0 bridgehead atoms. The summed E-state index contributed by atoms with van der Waals surface area (Å²) < 4.78 is 34.8. The molecular formula is C15H24O12S. The van der Waals surface area contributed by atoms with Crippen LogP contribution in [0.25, 0.3) is 0 Å². The van der Waals surface area contributed by atoms with Gasteiger partial charge in [0.1, 0.15) is 0 Å². The normalized spacial score (nSPS) is 11.4. The summed E-state index contributed by atoms with van der Waals surface area (Å²) in [5.41, 5.74) is -1.07. The Morgan fingerprint density at radius 3 is 1.54 bits per heavy atom. The Bertz CT molecular complexity index is 663. The van der Waals surface area contributed by atoms with E-state index in [0.717, 1.165) is 6.07 Å². The smallest absolute Gasteiger partial charge is 0.335 e. The third kappa shape index (κ3) is 14.0. The predicted molar refractivity (Wildman–Crippen MR) is 93.9 cm³/mol. The summed E-state index contributed by atoms with van der Waals surface area (Å²) in [5, 5.41) is 49.4. The van der Waals surface area contributed by atoms with Crippen molar-refractivity contribution < 1.29 is 57.9 Å². The maximum Gasteiger partial charge on any atom is 0.335 e. The number of carbonyl (C=O) groups is 2. The average molecular weight is 428 g/mol. The fourth-order valence-corrected chi connectivity index (χ4v) is 1.78. The van der Waals surface area contributed by atoms with Crippen LogP contribution < -0.4 is 0 Å². The number of ether oxygens (including phenoxy) is 1. The monoisotopic (exact) mass is 428 g/mol. The van der Waals surface area contributed by atoms with Gasteiger partial charge in [-0.05, 0) is 25.1 Å². The number of hydrogen-bond acceptors (Lipinski definition) is 9. The topological polar surface area (TPSA) is 219 Å². The molecule has 0 saturated heterocycles. The highest BCUT2D eigenvalue weighted by Crippen LogP contribution is 2.15. The predicted octanol–water partition coefficient (Wildman–Crippen LogP) is -1.32. The first-order chi connectivity index (χ1) is 12.9. The van der Waals surface area contributed by atoms with Crippen LogP contribution in [0.3, 0.4) is 0 Å². The zero-order valence-electron chi connectivity index (χ0n) is 14.9. The second-order valence-electron chi connectivity index (χ2n) is 4.92. The number of carboxylic acid groups (broad SMARTS) is 2. The Balaban J connectivity index is 0. The highest BCUT2D eigenvalue weighted by molar-refractivity contribution is 7.85. The molecule has 1 atom stereocenters. The lowest BCUT2D eigenvalue weighted by atomic mass is 10.1. The molecule has 162 valence electrons. The van der Waals surface area contributed by atoms with Crippen LogP contribution in [0.2, 0.25) is 0 Å². The van der Waals surface area contributed by atoms with Gasteiger partial charge in [-0.15, -0.1) is 0 Å². The van der Waals surface area contributed by atoms with Gasteiger partial charge >= 0.3 is 11.9 Å². The Morgan fingerprint density at radius 2 is 1.32 bits per heavy atom. The minimum atomic E-state index is -4.64. The van der Waals surface area contributed by atoms with Gasteiger partial charge in [-0.3, -0.25) is 4.55 Å². The van der Waals surface area contributed by atoms with Crippen molar-refractivity contribution in [3.8, 4) is 0 Å². The summed E-state index contributed by atoms with van der Waals surface area (Å²) in [6.45, 7) is 2.08. The molecule has 1 aromatic rings. The van der Waals surface area contributed by atoms with Crippen LogP contribution in [0.4, 0.5) is 0 Å². The number of hydrogen-bond donors (Lipinski definition) is 7. The van der Waals surface area contributed by atoms with E-state index in [1.54, 1.807) is 0 Å². The van der Waals surface area contributed by atoms with E-state index < -0.39 is 44.2 Å². The first-order valence-electron chi connectivity index (χ1n) is 7.58. The lowest BCUT2D eigenvalue weighted by Gasteiger charge is -2.02. The molecule has 1 unspecified atom stereocenters. The Labute approximate surface area is 161 Å². The first kappa shape index (κ1) is 28.1. The molecule has 0 amide bonds. The molecule has 28 heavy (non-hydrogen) atoms. The van der Waals surface area contributed by atoms with Gasteiger partial charge in [0.05, 0.1) is 55.2 Å². The van der Waals surface area contributed by atoms with Crippen molar-refractivity contribution in [1.82, 2.24) is 0 Å². The number of benzene rings is 1. The maximum atomic E-state index is 10.8. The van der Waals surface area contributed by atoms with Crippen LogP contribution >= 0.6 is 0 Å². The molecule has 13 heteroatoms. The van der Waals surface area contributed by atoms with Crippen LogP contribution in [-0.2, 0) is 14.9 Å². The molecule has 0 fully saturated rings. The zero-order chi connectivity index (χ0) is 22.3. The summed E-state index contributed by atoms with van der Waals surface area (Å²) in [5.74, 6) is -2.99. The summed E-state index contributed by atoms with van der Waals surface area (Å²) in [6, 6.07) is 2.13. The molecule has 0 heterocycles.